The standard InChI is InChI=1S/C29H32ClNO7/c1-3-36-22-10-7-18(8-11-22)13-20-14-19(9-12-24(20)30)29-28(35)27(34)26(33)25(38-29)16-37-23-6-4-5-21(15-23)31-17(2)32/h4-12,14-15,25-29,33-35H,3,13,16H2,1-2H3,(H,31,32)/t25-,26-,27+,28-,29+/m1/s1. The molecular formula is C29H32ClNO7. The van der Waals surface area contributed by atoms with Crippen LogP contribution in [0.25, 0.3) is 0 Å². The summed E-state index contributed by atoms with van der Waals surface area (Å²) in [4.78, 5) is 11.3. The van der Waals surface area contributed by atoms with Crippen LogP contribution in [0.2, 0.25) is 5.02 Å². The van der Waals surface area contributed by atoms with Crippen molar-refractivity contribution in [1.29, 1.82) is 0 Å². The SMILES string of the molecule is CCOc1ccc(Cc2cc([C@@H]3O[C@H](COc4cccc(NC(C)=O)c4)[C@@H](O)[C@H](O)[C@H]3O)ccc2Cl)cc1. The molecule has 1 saturated heterocycles. The van der Waals surface area contributed by atoms with Gasteiger partial charge in [-0.15, -0.1) is 0 Å². The molecule has 5 atom stereocenters. The van der Waals surface area contributed by atoms with Crippen molar-refractivity contribution in [3.05, 3.63) is 88.4 Å². The zero-order valence-electron chi connectivity index (χ0n) is 21.2. The Balaban J connectivity index is 1.48. The maximum atomic E-state index is 11.3. The summed E-state index contributed by atoms with van der Waals surface area (Å²) < 4.78 is 17.4. The lowest BCUT2D eigenvalue weighted by Crippen LogP contribution is -2.55. The van der Waals surface area contributed by atoms with Crippen LogP contribution in [0.3, 0.4) is 0 Å². The van der Waals surface area contributed by atoms with Crippen molar-refractivity contribution in [2.24, 2.45) is 0 Å². The van der Waals surface area contributed by atoms with Gasteiger partial charge >= 0.3 is 0 Å². The fourth-order valence-electron chi connectivity index (χ4n) is 4.41. The van der Waals surface area contributed by atoms with Crippen molar-refractivity contribution < 1.29 is 34.3 Å². The predicted molar refractivity (Wildman–Crippen MR) is 144 cm³/mol. The lowest BCUT2D eigenvalue weighted by molar-refractivity contribution is -0.230. The average molecular weight is 542 g/mol. The van der Waals surface area contributed by atoms with E-state index in [0.717, 1.165) is 16.9 Å². The second-order valence-electron chi connectivity index (χ2n) is 9.19. The summed E-state index contributed by atoms with van der Waals surface area (Å²) in [6.07, 6.45) is -5.46. The van der Waals surface area contributed by atoms with Crippen LogP contribution in [-0.4, -0.2) is 58.9 Å². The fraction of sp³-hybridized carbons (Fsp3) is 0.345. The maximum Gasteiger partial charge on any atom is 0.221 e. The topological polar surface area (TPSA) is 117 Å². The van der Waals surface area contributed by atoms with Crippen molar-refractivity contribution >= 4 is 23.2 Å². The number of ether oxygens (including phenoxy) is 3. The molecule has 0 bridgehead atoms. The van der Waals surface area contributed by atoms with Gasteiger partial charge in [0.2, 0.25) is 5.91 Å². The number of rotatable bonds is 9. The predicted octanol–water partition coefficient (Wildman–Crippen LogP) is 3.89. The Kier molecular flexibility index (Phi) is 9.25. The van der Waals surface area contributed by atoms with Crippen LogP contribution >= 0.6 is 11.6 Å². The highest BCUT2D eigenvalue weighted by Crippen LogP contribution is 2.35. The van der Waals surface area contributed by atoms with Crippen molar-refractivity contribution in [3.63, 3.8) is 0 Å². The van der Waals surface area contributed by atoms with Crippen LogP contribution in [0.4, 0.5) is 5.69 Å². The number of aliphatic hydroxyl groups excluding tert-OH is 3. The van der Waals surface area contributed by atoms with Crippen LogP contribution in [-0.2, 0) is 16.0 Å². The van der Waals surface area contributed by atoms with Crippen LogP contribution in [0.5, 0.6) is 11.5 Å². The van der Waals surface area contributed by atoms with Crippen LogP contribution in [0.1, 0.15) is 36.6 Å². The van der Waals surface area contributed by atoms with E-state index in [4.69, 9.17) is 25.8 Å². The first-order valence-electron chi connectivity index (χ1n) is 12.4. The van der Waals surface area contributed by atoms with E-state index in [1.54, 1.807) is 36.4 Å². The van der Waals surface area contributed by atoms with Crippen LogP contribution < -0.4 is 14.8 Å². The Morgan fingerprint density at radius 3 is 2.42 bits per heavy atom. The zero-order valence-corrected chi connectivity index (χ0v) is 22.0. The summed E-state index contributed by atoms with van der Waals surface area (Å²) in [5, 5.41) is 35.2. The summed E-state index contributed by atoms with van der Waals surface area (Å²) in [7, 11) is 0. The third-order valence-electron chi connectivity index (χ3n) is 6.31. The molecule has 0 spiro atoms. The Morgan fingerprint density at radius 2 is 1.71 bits per heavy atom. The monoisotopic (exact) mass is 541 g/mol. The quantitative estimate of drug-likeness (QED) is 0.324. The van der Waals surface area contributed by atoms with E-state index in [2.05, 4.69) is 5.32 Å². The summed E-state index contributed by atoms with van der Waals surface area (Å²) in [5.74, 6) is 1.03. The summed E-state index contributed by atoms with van der Waals surface area (Å²) in [6.45, 7) is 3.84. The number of nitrogens with one attached hydrogen (secondary N) is 1. The minimum absolute atomic E-state index is 0.0857. The van der Waals surface area contributed by atoms with E-state index in [1.807, 2.05) is 37.3 Å². The molecule has 4 N–H and O–H groups in total. The van der Waals surface area contributed by atoms with Crippen LogP contribution in [0, 0.1) is 0 Å². The van der Waals surface area contributed by atoms with E-state index in [9.17, 15) is 20.1 Å². The summed E-state index contributed by atoms with van der Waals surface area (Å²) in [6, 6.07) is 19.8. The molecule has 0 aliphatic carbocycles. The van der Waals surface area contributed by atoms with Gasteiger partial charge in [-0.2, -0.15) is 0 Å². The third-order valence-corrected chi connectivity index (χ3v) is 6.68. The molecule has 1 aliphatic heterocycles. The number of hydrogen-bond donors (Lipinski definition) is 4. The Morgan fingerprint density at radius 1 is 0.947 bits per heavy atom. The molecule has 3 aromatic carbocycles. The first-order chi connectivity index (χ1) is 18.2. The highest BCUT2D eigenvalue weighted by atomic mass is 35.5. The Hall–Kier alpha value is -3.14. The molecule has 0 radical (unpaired) electrons. The fourth-order valence-corrected chi connectivity index (χ4v) is 4.59. The van der Waals surface area contributed by atoms with E-state index in [-0.39, 0.29) is 12.5 Å². The van der Waals surface area contributed by atoms with Crippen molar-refractivity contribution in [3.8, 4) is 11.5 Å². The van der Waals surface area contributed by atoms with E-state index in [1.165, 1.54) is 6.92 Å². The molecular weight excluding hydrogens is 510 g/mol. The van der Waals surface area contributed by atoms with Gasteiger partial charge in [0.1, 0.15) is 48.6 Å². The molecule has 0 saturated carbocycles. The van der Waals surface area contributed by atoms with Gasteiger partial charge in [0.05, 0.1) is 6.61 Å². The van der Waals surface area contributed by atoms with Gasteiger partial charge in [-0.25, -0.2) is 0 Å². The Labute approximate surface area is 226 Å². The number of carbonyl (C=O) groups excluding carboxylic acids is 1. The van der Waals surface area contributed by atoms with Gasteiger partial charge in [0.25, 0.3) is 0 Å². The normalized spacial score (nSPS) is 23.1. The van der Waals surface area contributed by atoms with Gasteiger partial charge in [-0.1, -0.05) is 41.9 Å². The summed E-state index contributed by atoms with van der Waals surface area (Å²) >= 11 is 6.48. The number of anilines is 1. The molecule has 3 aromatic rings. The van der Waals surface area contributed by atoms with Crippen molar-refractivity contribution in [1.82, 2.24) is 0 Å². The van der Waals surface area contributed by atoms with Gasteiger partial charge in [0, 0.05) is 23.7 Å². The number of carbonyl (C=O) groups is 1. The smallest absolute Gasteiger partial charge is 0.221 e. The number of benzene rings is 3. The highest BCUT2D eigenvalue weighted by Gasteiger charge is 2.44. The van der Waals surface area contributed by atoms with E-state index in [0.29, 0.717) is 35.1 Å². The van der Waals surface area contributed by atoms with Gasteiger partial charge in [0.15, 0.2) is 0 Å². The molecule has 38 heavy (non-hydrogen) atoms. The molecule has 4 rings (SSSR count). The van der Waals surface area contributed by atoms with E-state index >= 15 is 0 Å². The molecule has 0 aromatic heterocycles. The maximum absolute atomic E-state index is 11.3. The van der Waals surface area contributed by atoms with E-state index < -0.39 is 30.5 Å². The number of hydrogen-bond acceptors (Lipinski definition) is 7. The minimum Gasteiger partial charge on any atom is -0.494 e. The molecule has 1 heterocycles. The molecule has 8 nitrogen and oxygen atoms in total. The first-order valence-corrected chi connectivity index (χ1v) is 12.8. The minimum atomic E-state index is -1.45. The largest absolute Gasteiger partial charge is 0.494 e. The lowest BCUT2D eigenvalue weighted by Gasteiger charge is -2.40. The van der Waals surface area contributed by atoms with Gasteiger partial charge < -0.3 is 34.8 Å². The molecule has 1 aliphatic rings. The second kappa shape index (κ2) is 12.6. The number of amides is 1. The highest BCUT2D eigenvalue weighted by molar-refractivity contribution is 6.31. The molecule has 0 unspecified atom stereocenters. The van der Waals surface area contributed by atoms with Crippen molar-refractivity contribution in [2.45, 2.75) is 50.8 Å². The average Bonchev–Trinajstić information content (AvgIpc) is 2.89. The number of halogens is 1. The van der Waals surface area contributed by atoms with Gasteiger partial charge in [-0.05, 0) is 60.4 Å². The van der Waals surface area contributed by atoms with Crippen LogP contribution in [0.15, 0.2) is 66.7 Å². The molecule has 1 amide bonds. The molecule has 202 valence electrons. The second-order valence-corrected chi connectivity index (χ2v) is 9.60. The lowest BCUT2D eigenvalue weighted by atomic mass is 9.90. The zero-order chi connectivity index (χ0) is 27.2. The van der Waals surface area contributed by atoms with Crippen molar-refractivity contribution in [2.75, 3.05) is 18.5 Å². The summed E-state index contributed by atoms with van der Waals surface area (Å²) in [5.41, 5.74) is 3.04. The Bertz CT molecular complexity index is 1240. The molecule has 9 heteroatoms. The first kappa shape index (κ1) is 27.9. The number of aliphatic hydroxyl groups is 3. The molecule has 1 fully saturated rings. The van der Waals surface area contributed by atoms with Gasteiger partial charge in [-0.3, -0.25) is 4.79 Å². The third kappa shape index (κ3) is 6.83.